The lowest BCUT2D eigenvalue weighted by Gasteiger charge is -2.26. The second-order valence-corrected chi connectivity index (χ2v) is 22.9. The standard InChI is InChI=1S/C80H48N6O4/c1-7-19-69-59(13-1)60-14-2-8-20-70(60)85(69)55-37-33-53(34-38-55)83(51-29-25-49(26-30-51)79-81-67-17-5-11-23-73(67)89-79)57-41-43-63-65-47-78-66(48-77(65)87-75(63)45-57)64-44-42-58(46-76(64)88-78)84(52-31-27-50(28-32-52)80-82-68-18-6-12-24-74(68)90-80)54-35-39-56(40-36-54)86-71-21-9-3-15-61(71)62-16-4-10-22-72(62)86/h1-48H. The van der Waals surface area contributed by atoms with Crippen molar-refractivity contribution in [2.75, 3.05) is 9.80 Å². The van der Waals surface area contributed by atoms with Crippen molar-refractivity contribution in [2.45, 2.75) is 0 Å². The minimum Gasteiger partial charge on any atom is -0.456 e. The van der Waals surface area contributed by atoms with E-state index in [1.807, 2.05) is 48.5 Å². The average molecular weight is 1160 g/mol. The third kappa shape index (κ3) is 7.84. The lowest BCUT2D eigenvalue weighted by Crippen LogP contribution is -2.10. The van der Waals surface area contributed by atoms with Gasteiger partial charge in [0.25, 0.3) is 0 Å². The molecule has 0 atom stereocenters. The Morgan fingerprint density at radius 2 is 0.544 bits per heavy atom. The Hall–Kier alpha value is -12.4. The number of rotatable bonds is 10. The molecule has 6 aromatic heterocycles. The summed E-state index contributed by atoms with van der Waals surface area (Å²) < 4.78 is 30.9. The van der Waals surface area contributed by atoms with Crippen molar-refractivity contribution in [1.29, 1.82) is 0 Å². The molecule has 422 valence electrons. The van der Waals surface area contributed by atoms with Gasteiger partial charge in [0.1, 0.15) is 33.4 Å². The molecule has 0 fully saturated rings. The summed E-state index contributed by atoms with van der Waals surface area (Å²) in [5, 5.41) is 8.81. The third-order valence-corrected chi connectivity index (χ3v) is 17.8. The van der Waals surface area contributed by atoms with Crippen molar-refractivity contribution >= 4 is 144 Å². The molecule has 6 heterocycles. The van der Waals surface area contributed by atoms with Crippen LogP contribution in [0, 0.1) is 0 Å². The topological polar surface area (TPSA) is 94.7 Å². The molecule has 0 bridgehead atoms. The van der Waals surface area contributed by atoms with Crippen LogP contribution in [-0.2, 0) is 0 Å². The van der Waals surface area contributed by atoms with Gasteiger partial charge in [0.2, 0.25) is 11.8 Å². The van der Waals surface area contributed by atoms with Crippen molar-refractivity contribution < 1.29 is 17.7 Å². The predicted molar refractivity (Wildman–Crippen MR) is 365 cm³/mol. The molecule has 0 radical (unpaired) electrons. The van der Waals surface area contributed by atoms with E-state index in [9.17, 15) is 0 Å². The number of para-hydroxylation sites is 8. The summed E-state index contributed by atoms with van der Waals surface area (Å²) >= 11 is 0. The van der Waals surface area contributed by atoms with Gasteiger partial charge in [-0.2, -0.15) is 0 Å². The van der Waals surface area contributed by atoms with Gasteiger partial charge in [-0.05, 0) is 182 Å². The zero-order valence-corrected chi connectivity index (χ0v) is 48.0. The molecule has 19 rings (SSSR count). The molecule has 0 aliphatic rings. The zero-order valence-electron chi connectivity index (χ0n) is 48.0. The van der Waals surface area contributed by atoms with Crippen LogP contribution in [0.5, 0.6) is 0 Å². The molecular formula is C80H48N6O4. The third-order valence-electron chi connectivity index (χ3n) is 17.8. The van der Waals surface area contributed by atoms with E-state index in [2.05, 4.69) is 262 Å². The van der Waals surface area contributed by atoms with E-state index in [-0.39, 0.29) is 0 Å². The van der Waals surface area contributed by atoms with E-state index in [1.165, 1.54) is 21.5 Å². The molecule has 10 nitrogen and oxygen atoms in total. The van der Waals surface area contributed by atoms with Crippen molar-refractivity contribution in [2.24, 2.45) is 0 Å². The molecular weight excluding hydrogens is 1110 g/mol. The van der Waals surface area contributed by atoms with Crippen LogP contribution >= 0.6 is 0 Å². The Labute approximate surface area is 513 Å². The van der Waals surface area contributed by atoms with E-state index in [1.54, 1.807) is 0 Å². The molecule has 0 saturated carbocycles. The largest absolute Gasteiger partial charge is 0.456 e. The lowest BCUT2D eigenvalue weighted by molar-refractivity contribution is 0.619. The quantitative estimate of drug-likeness (QED) is 0.134. The van der Waals surface area contributed by atoms with E-state index in [0.717, 1.165) is 145 Å². The van der Waals surface area contributed by atoms with Crippen LogP contribution in [0.15, 0.2) is 309 Å². The van der Waals surface area contributed by atoms with Crippen molar-refractivity contribution in [1.82, 2.24) is 19.1 Å². The summed E-state index contributed by atoms with van der Waals surface area (Å²) in [4.78, 5) is 14.1. The van der Waals surface area contributed by atoms with Crippen LogP contribution in [0.4, 0.5) is 34.1 Å². The van der Waals surface area contributed by atoms with Gasteiger partial charge in [0.05, 0.1) is 22.1 Å². The Balaban J connectivity index is 0.695. The number of nitrogens with zero attached hydrogens (tertiary/aromatic N) is 6. The maximum absolute atomic E-state index is 6.90. The molecule has 0 unspecified atom stereocenters. The first-order chi connectivity index (χ1) is 44.6. The van der Waals surface area contributed by atoms with Gasteiger partial charge < -0.3 is 36.6 Å². The number of oxazole rings is 2. The van der Waals surface area contributed by atoms with Crippen LogP contribution in [-0.4, -0.2) is 19.1 Å². The number of benzene rings is 13. The minimum absolute atomic E-state index is 0.576. The lowest BCUT2D eigenvalue weighted by atomic mass is 10.1. The molecule has 90 heavy (non-hydrogen) atoms. The molecule has 13 aromatic carbocycles. The Bertz CT molecular complexity index is 5500. The summed E-state index contributed by atoms with van der Waals surface area (Å²) in [5.41, 5.74) is 20.6. The summed E-state index contributed by atoms with van der Waals surface area (Å²) in [6.07, 6.45) is 0. The highest BCUT2D eigenvalue weighted by Gasteiger charge is 2.23. The predicted octanol–water partition coefficient (Wildman–Crippen LogP) is 22.2. The smallest absolute Gasteiger partial charge is 0.227 e. The SMILES string of the molecule is c1ccc2oc(-c3ccc(N(c4ccc(-n5c6ccccc6c6ccccc65)cc4)c4ccc5c(c4)oc4cc6c(cc45)oc4cc(N(c5ccc(-c7nc8ccccc8o7)cc5)c5ccc(-n7c8ccccc8c8ccccc87)cc5)ccc46)cc3)nc2c1. The van der Waals surface area contributed by atoms with Crippen molar-refractivity contribution in [3.8, 4) is 34.3 Å². The molecule has 0 spiro atoms. The monoisotopic (exact) mass is 1160 g/mol. The molecule has 0 aliphatic carbocycles. The van der Waals surface area contributed by atoms with Gasteiger partial charge in [-0.3, -0.25) is 0 Å². The highest BCUT2D eigenvalue weighted by Crippen LogP contribution is 2.45. The number of hydrogen-bond acceptors (Lipinski definition) is 8. The summed E-state index contributed by atoms with van der Waals surface area (Å²) in [6, 6.07) is 102. The fraction of sp³-hybridized carbons (Fsp3) is 0. The van der Waals surface area contributed by atoms with Crippen molar-refractivity contribution in [3.05, 3.63) is 291 Å². The van der Waals surface area contributed by atoms with Crippen LogP contribution in [0.3, 0.4) is 0 Å². The normalized spacial score (nSPS) is 12.0. The van der Waals surface area contributed by atoms with Crippen molar-refractivity contribution in [3.63, 3.8) is 0 Å². The molecule has 10 heteroatoms. The summed E-state index contributed by atoms with van der Waals surface area (Å²) in [6.45, 7) is 0. The first-order valence-corrected chi connectivity index (χ1v) is 30.1. The number of furan rings is 2. The van der Waals surface area contributed by atoms with Crippen LogP contribution in [0.2, 0.25) is 0 Å². The Kier molecular flexibility index (Phi) is 10.8. The molecule has 0 N–H and O–H groups in total. The first kappa shape index (κ1) is 49.8. The Morgan fingerprint density at radius 3 is 0.911 bits per heavy atom. The maximum atomic E-state index is 6.90. The van der Waals surface area contributed by atoms with Gasteiger partial charge in [-0.15, -0.1) is 0 Å². The van der Waals surface area contributed by atoms with Gasteiger partial charge in [-0.1, -0.05) is 97.1 Å². The van der Waals surface area contributed by atoms with E-state index in [4.69, 9.17) is 27.6 Å². The highest BCUT2D eigenvalue weighted by molar-refractivity contribution is 6.16. The van der Waals surface area contributed by atoms with E-state index < -0.39 is 0 Å². The number of hydrogen-bond donors (Lipinski definition) is 0. The van der Waals surface area contributed by atoms with Gasteiger partial charge in [-0.25, -0.2) is 9.97 Å². The first-order valence-electron chi connectivity index (χ1n) is 30.1. The molecule has 19 aromatic rings. The molecule has 0 saturated heterocycles. The number of anilines is 6. The Morgan fingerprint density at radius 1 is 0.233 bits per heavy atom. The average Bonchev–Trinajstić information content (AvgIpc) is 2.63. The van der Waals surface area contributed by atoms with Gasteiger partial charge in [0.15, 0.2) is 11.2 Å². The maximum Gasteiger partial charge on any atom is 0.227 e. The van der Waals surface area contributed by atoms with Crippen LogP contribution in [0.25, 0.3) is 144 Å². The fourth-order valence-corrected chi connectivity index (χ4v) is 13.6. The second-order valence-electron chi connectivity index (χ2n) is 22.9. The van der Waals surface area contributed by atoms with Gasteiger partial charge >= 0.3 is 0 Å². The van der Waals surface area contributed by atoms with E-state index in [0.29, 0.717) is 11.8 Å². The second kappa shape index (κ2) is 19.6. The number of fused-ring (bicyclic) bond motifs is 14. The molecule has 0 aliphatic heterocycles. The van der Waals surface area contributed by atoms with E-state index >= 15 is 0 Å². The highest BCUT2D eigenvalue weighted by atomic mass is 16.4. The van der Waals surface area contributed by atoms with Crippen LogP contribution in [0.1, 0.15) is 0 Å². The fourth-order valence-electron chi connectivity index (χ4n) is 13.6. The van der Waals surface area contributed by atoms with Gasteiger partial charge in [0, 0.05) is 112 Å². The zero-order chi connectivity index (χ0) is 59.0. The summed E-state index contributed by atoms with van der Waals surface area (Å²) in [7, 11) is 0. The summed E-state index contributed by atoms with van der Waals surface area (Å²) in [5.74, 6) is 1.15. The van der Waals surface area contributed by atoms with Crippen LogP contribution < -0.4 is 9.80 Å². The number of aromatic nitrogens is 4. The molecule has 0 amide bonds. The minimum atomic E-state index is 0.576.